The third-order valence-corrected chi connectivity index (χ3v) is 2.25. The van der Waals surface area contributed by atoms with E-state index >= 15 is 0 Å². The molecule has 0 rings (SSSR count). The molecule has 13 heavy (non-hydrogen) atoms. The Hall–Kier alpha value is -0.420. The van der Waals surface area contributed by atoms with Crippen molar-refractivity contribution in [1.82, 2.24) is 5.32 Å². The minimum absolute atomic E-state index is 0.205. The fourth-order valence-electron chi connectivity index (χ4n) is 0.726. The van der Waals surface area contributed by atoms with Crippen molar-refractivity contribution >= 4 is 35.2 Å². The quantitative estimate of drug-likeness (QED) is 0.648. The summed E-state index contributed by atoms with van der Waals surface area (Å²) < 4.78 is 0. The number of nitrogens with one attached hydrogen (secondary N) is 1. The van der Waals surface area contributed by atoms with Gasteiger partial charge in [0, 0.05) is 0 Å². The third-order valence-electron chi connectivity index (χ3n) is 1.37. The average Bonchev–Trinajstić information content (AvgIpc) is 2.11. The number of hydrogen-bond donors (Lipinski definition) is 2. The van der Waals surface area contributed by atoms with Crippen LogP contribution in [0.2, 0.25) is 0 Å². The molecule has 0 aromatic rings. The summed E-state index contributed by atoms with van der Waals surface area (Å²) in [6, 6.07) is -0.821. The number of carbonyl (C=O) groups excluding carboxylic acids is 1. The molecule has 0 bridgehead atoms. The van der Waals surface area contributed by atoms with Gasteiger partial charge in [0.15, 0.2) is 0 Å². The zero-order valence-electron chi connectivity index (χ0n) is 7.25. The van der Waals surface area contributed by atoms with Gasteiger partial charge in [-0.15, -0.1) is 11.6 Å². The van der Waals surface area contributed by atoms with E-state index < -0.39 is 17.9 Å². The van der Waals surface area contributed by atoms with E-state index in [-0.39, 0.29) is 5.88 Å². The molecule has 1 atom stereocenters. The molecule has 1 amide bonds. The molecule has 4 nitrogen and oxygen atoms in total. The van der Waals surface area contributed by atoms with Crippen molar-refractivity contribution in [2.75, 3.05) is 17.9 Å². The molecule has 0 saturated heterocycles. The summed E-state index contributed by atoms with van der Waals surface area (Å²) in [5.74, 6) is -0.981. The molecule has 0 aromatic heterocycles. The molecule has 0 aromatic carbocycles. The normalized spacial score (nSPS) is 12.2. The Morgan fingerprint density at radius 2 is 2.23 bits per heavy atom. The molecule has 0 fully saturated rings. The largest absolute Gasteiger partial charge is 0.480 e. The number of halogens is 1. The highest BCUT2D eigenvalue weighted by Gasteiger charge is 2.18. The SMILES string of the molecule is CSCC[C@@H](NC(=O)CCl)C(=O)O. The Bertz CT molecular complexity index is 189. The van der Waals surface area contributed by atoms with Gasteiger partial charge in [-0.1, -0.05) is 0 Å². The minimum atomic E-state index is -1.02. The Balaban J connectivity index is 3.94. The smallest absolute Gasteiger partial charge is 0.326 e. The number of aliphatic carboxylic acids is 1. The van der Waals surface area contributed by atoms with Crippen LogP contribution < -0.4 is 5.32 Å². The first-order valence-electron chi connectivity index (χ1n) is 3.69. The van der Waals surface area contributed by atoms with E-state index in [1.165, 1.54) is 11.8 Å². The van der Waals surface area contributed by atoms with Crippen LogP contribution in [-0.2, 0) is 9.59 Å². The number of carboxylic acids is 1. The monoisotopic (exact) mass is 225 g/mol. The summed E-state index contributed by atoms with van der Waals surface area (Å²) in [6.07, 6.45) is 2.29. The van der Waals surface area contributed by atoms with Gasteiger partial charge in [0.25, 0.3) is 0 Å². The van der Waals surface area contributed by atoms with Crippen molar-refractivity contribution in [3.8, 4) is 0 Å². The van der Waals surface area contributed by atoms with E-state index in [1.54, 1.807) is 0 Å². The molecular formula is C7H12ClNO3S. The Morgan fingerprint density at radius 1 is 1.62 bits per heavy atom. The van der Waals surface area contributed by atoms with Gasteiger partial charge in [-0.25, -0.2) is 4.79 Å². The van der Waals surface area contributed by atoms with Crippen LogP contribution in [0, 0.1) is 0 Å². The van der Waals surface area contributed by atoms with Crippen molar-refractivity contribution in [3.05, 3.63) is 0 Å². The predicted octanol–water partition coefficient (Wildman–Crippen LogP) is 0.548. The minimum Gasteiger partial charge on any atom is -0.480 e. The van der Waals surface area contributed by atoms with E-state index in [0.717, 1.165) is 0 Å². The van der Waals surface area contributed by atoms with Gasteiger partial charge >= 0.3 is 5.97 Å². The van der Waals surface area contributed by atoms with Crippen molar-refractivity contribution in [2.24, 2.45) is 0 Å². The molecule has 0 radical (unpaired) electrons. The van der Waals surface area contributed by atoms with Crippen LogP contribution in [0.1, 0.15) is 6.42 Å². The van der Waals surface area contributed by atoms with Gasteiger partial charge in [0.2, 0.25) is 5.91 Å². The van der Waals surface area contributed by atoms with Gasteiger partial charge in [-0.05, 0) is 18.4 Å². The number of carboxylic acid groups (broad SMARTS) is 1. The van der Waals surface area contributed by atoms with Crippen LogP contribution in [0.4, 0.5) is 0 Å². The molecule has 0 saturated carbocycles. The van der Waals surface area contributed by atoms with Crippen LogP contribution in [-0.4, -0.2) is 40.9 Å². The first-order chi connectivity index (χ1) is 6.11. The highest BCUT2D eigenvalue weighted by atomic mass is 35.5. The molecule has 6 heteroatoms. The van der Waals surface area contributed by atoms with E-state index in [9.17, 15) is 9.59 Å². The van der Waals surface area contributed by atoms with Crippen LogP contribution in [0.15, 0.2) is 0 Å². The lowest BCUT2D eigenvalue weighted by Gasteiger charge is -2.12. The number of amides is 1. The Kier molecular flexibility index (Phi) is 6.80. The van der Waals surface area contributed by atoms with Gasteiger partial charge in [-0.2, -0.15) is 11.8 Å². The maximum absolute atomic E-state index is 10.8. The second kappa shape index (κ2) is 7.03. The van der Waals surface area contributed by atoms with Gasteiger partial charge in [0.1, 0.15) is 11.9 Å². The third kappa shape index (κ3) is 5.76. The molecule has 2 N–H and O–H groups in total. The number of hydrogen-bond acceptors (Lipinski definition) is 3. The van der Waals surface area contributed by atoms with Crippen LogP contribution in [0.25, 0.3) is 0 Å². The summed E-state index contributed by atoms with van der Waals surface area (Å²) in [7, 11) is 0. The van der Waals surface area contributed by atoms with E-state index in [2.05, 4.69) is 5.32 Å². The molecule has 0 aliphatic carbocycles. The highest BCUT2D eigenvalue weighted by Crippen LogP contribution is 2.00. The number of thioether (sulfide) groups is 1. The zero-order valence-corrected chi connectivity index (χ0v) is 8.82. The molecular weight excluding hydrogens is 214 g/mol. The molecule has 0 heterocycles. The number of alkyl halides is 1. The standard InChI is InChI=1S/C7H12ClNO3S/c1-13-3-2-5(7(11)12)9-6(10)4-8/h5H,2-4H2,1H3,(H,9,10)(H,11,12)/t5-/m1/s1. The lowest BCUT2D eigenvalue weighted by molar-refractivity contribution is -0.141. The van der Waals surface area contributed by atoms with Gasteiger partial charge in [0.05, 0.1) is 0 Å². The first-order valence-corrected chi connectivity index (χ1v) is 5.61. The number of carbonyl (C=O) groups is 2. The van der Waals surface area contributed by atoms with E-state index in [1.807, 2.05) is 6.26 Å². The lowest BCUT2D eigenvalue weighted by Crippen LogP contribution is -2.41. The fraction of sp³-hybridized carbons (Fsp3) is 0.714. The zero-order chi connectivity index (χ0) is 10.3. The molecule has 0 spiro atoms. The summed E-state index contributed by atoms with van der Waals surface area (Å²) in [4.78, 5) is 21.4. The highest BCUT2D eigenvalue weighted by molar-refractivity contribution is 7.98. The summed E-state index contributed by atoms with van der Waals surface area (Å²) in [6.45, 7) is 0. The molecule has 0 unspecified atom stereocenters. The van der Waals surface area contributed by atoms with Crippen molar-refractivity contribution < 1.29 is 14.7 Å². The average molecular weight is 226 g/mol. The van der Waals surface area contributed by atoms with Crippen LogP contribution in [0.5, 0.6) is 0 Å². The maximum atomic E-state index is 10.8. The maximum Gasteiger partial charge on any atom is 0.326 e. The number of rotatable bonds is 6. The fourth-order valence-corrected chi connectivity index (χ4v) is 1.27. The topological polar surface area (TPSA) is 66.4 Å². The van der Waals surface area contributed by atoms with Crippen molar-refractivity contribution in [3.63, 3.8) is 0 Å². The van der Waals surface area contributed by atoms with Crippen LogP contribution in [0.3, 0.4) is 0 Å². The van der Waals surface area contributed by atoms with Crippen molar-refractivity contribution in [2.45, 2.75) is 12.5 Å². The lowest BCUT2D eigenvalue weighted by atomic mass is 10.2. The summed E-state index contributed by atoms with van der Waals surface area (Å²) >= 11 is 6.76. The predicted molar refractivity (Wildman–Crippen MR) is 53.3 cm³/mol. The molecule has 0 aliphatic rings. The van der Waals surface area contributed by atoms with Gasteiger partial charge < -0.3 is 10.4 Å². The second-order valence-electron chi connectivity index (χ2n) is 2.37. The molecule has 0 aliphatic heterocycles. The summed E-state index contributed by atoms with van der Waals surface area (Å²) in [5, 5.41) is 11.0. The molecule has 76 valence electrons. The second-order valence-corrected chi connectivity index (χ2v) is 3.63. The summed E-state index contributed by atoms with van der Waals surface area (Å²) in [5.41, 5.74) is 0. The van der Waals surface area contributed by atoms with Crippen LogP contribution >= 0.6 is 23.4 Å². The first kappa shape index (κ1) is 12.6. The Morgan fingerprint density at radius 3 is 2.62 bits per heavy atom. The van der Waals surface area contributed by atoms with E-state index in [0.29, 0.717) is 12.2 Å². The van der Waals surface area contributed by atoms with Crippen molar-refractivity contribution in [1.29, 1.82) is 0 Å². The van der Waals surface area contributed by atoms with Gasteiger partial charge in [-0.3, -0.25) is 4.79 Å². The van der Waals surface area contributed by atoms with E-state index in [4.69, 9.17) is 16.7 Å². The Labute approximate surface area is 86.0 Å².